The number of benzene rings is 1. The van der Waals surface area contributed by atoms with Crippen LogP contribution in [-0.4, -0.2) is 18.6 Å². The molecule has 4 heteroatoms. The van der Waals surface area contributed by atoms with Gasteiger partial charge in [0, 0.05) is 6.04 Å². The molecule has 2 rings (SSSR count). The van der Waals surface area contributed by atoms with E-state index in [4.69, 9.17) is 10.00 Å². The molecule has 0 aromatic heterocycles. The number of nitriles is 1. The van der Waals surface area contributed by atoms with E-state index in [1.807, 2.05) is 6.07 Å². The van der Waals surface area contributed by atoms with Crippen molar-refractivity contribution in [2.45, 2.75) is 51.0 Å². The number of rotatable bonds is 4. The Hall–Kier alpha value is -2.02. The third-order valence-corrected chi connectivity index (χ3v) is 3.82. The van der Waals surface area contributed by atoms with Crippen LogP contribution in [0.5, 0.6) is 5.75 Å². The highest BCUT2D eigenvalue weighted by molar-refractivity contribution is 5.77. The highest BCUT2D eigenvalue weighted by Gasteiger charge is 2.14. The van der Waals surface area contributed by atoms with Gasteiger partial charge in [-0.3, -0.25) is 4.79 Å². The monoisotopic (exact) mass is 286 g/mol. The van der Waals surface area contributed by atoms with Crippen LogP contribution in [0.25, 0.3) is 0 Å². The van der Waals surface area contributed by atoms with Crippen molar-refractivity contribution in [2.24, 2.45) is 0 Å². The molecule has 1 N–H and O–H groups in total. The molecular formula is C17H22N2O2. The van der Waals surface area contributed by atoms with Gasteiger partial charge in [0.1, 0.15) is 5.75 Å². The molecule has 1 aromatic rings. The van der Waals surface area contributed by atoms with E-state index in [0.717, 1.165) is 12.8 Å². The second-order valence-corrected chi connectivity index (χ2v) is 5.53. The van der Waals surface area contributed by atoms with Gasteiger partial charge in [-0.15, -0.1) is 0 Å². The molecule has 1 fully saturated rings. The lowest BCUT2D eigenvalue weighted by atomic mass is 9.97. The molecule has 0 unspecified atom stereocenters. The lowest BCUT2D eigenvalue weighted by Crippen LogP contribution is -2.38. The molecule has 0 heterocycles. The molecule has 0 aliphatic heterocycles. The Morgan fingerprint density at radius 1 is 1.14 bits per heavy atom. The Balaban J connectivity index is 1.74. The van der Waals surface area contributed by atoms with Gasteiger partial charge < -0.3 is 10.1 Å². The molecule has 0 bridgehead atoms. The summed E-state index contributed by atoms with van der Waals surface area (Å²) in [4.78, 5) is 11.9. The first-order valence-electron chi connectivity index (χ1n) is 7.70. The minimum atomic E-state index is -0.0649. The van der Waals surface area contributed by atoms with Crippen molar-refractivity contribution in [3.63, 3.8) is 0 Å². The fourth-order valence-electron chi connectivity index (χ4n) is 2.64. The van der Waals surface area contributed by atoms with Crippen molar-refractivity contribution in [1.29, 1.82) is 5.26 Å². The van der Waals surface area contributed by atoms with Gasteiger partial charge >= 0.3 is 0 Å². The van der Waals surface area contributed by atoms with E-state index in [1.165, 1.54) is 32.1 Å². The van der Waals surface area contributed by atoms with E-state index in [2.05, 4.69) is 5.32 Å². The third-order valence-electron chi connectivity index (χ3n) is 3.82. The first kappa shape index (κ1) is 15.4. The van der Waals surface area contributed by atoms with E-state index in [1.54, 1.807) is 24.3 Å². The lowest BCUT2D eigenvalue weighted by molar-refractivity contribution is -0.123. The minimum absolute atomic E-state index is 0.0302. The van der Waals surface area contributed by atoms with Crippen molar-refractivity contribution in [1.82, 2.24) is 5.32 Å². The molecule has 112 valence electrons. The molecular weight excluding hydrogens is 264 g/mol. The van der Waals surface area contributed by atoms with E-state index in [0.29, 0.717) is 17.4 Å². The molecule has 1 saturated carbocycles. The summed E-state index contributed by atoms with van der Waals surface area (Å²) in [5.74, 6) is 0.548. The average Bonchev–Trinajstić information content (AvgIpc) is 2.48. The Morgan fingerprint density at radius 2 is 1.76 bits per heavy atom. The number of carbonyl (C=O) groups excluding carboxylic acids is 1. The van der Waals surface area contributed by atoms with Crippen LogP contribution >= 0.6 is 0 Å². The first-order valence-corrected chi connectivity index (χ1v) is 7.70. The Kier molecular flexibility index (Phi) is 6.08. The normalized spacial score (nSPS) is 16.3. The predicted octanol–water partition coefficient (Wildman–Crippen LogP) is 3.17. The molecule has 0 saturated heterocycles. The number of hydrogen-bond donors (Lipinski definition) is 1. The Bertz CT molecular complexity index is 483. The van der Waals surface area contributed by atoms with Gasteiger partial charge in [-0.25, -0.2) is 0 Å². The Labute approximate surface area is 126 Å². The smallest absolute Gasteiger partial charge is 0.258 e. The second kappa shape index (κ2) is 8.31. The molecule has 0 radical (unpaired) electrons. The number of ether oxygens (including phenoxy) is 1. The summed E-state index contributed by atoms with van der Waals surface area (Å²) in [6, 6.07) is 9.13. The molecule has 21 heavy (non-hydrogen) atoms. The van der Waals surface area contributed by atoms with Gasteiger partial charge in [0.15, 0.2) is 6.61 Å². The van der Waals surface area contributed by atoms with Crippen LogP contribution in [0.3, 0.4) is 0 Å². The van der Waals surface area contributed by atoms with Gasteiger partial charge in [-0.2, -0.15) is 5.26 Å². The van der Waals surface area contributed by atoms with Crippen LogP contribution in [0, 0.1) is 11.3 Å². The van der Waals surface area contributed by atoms with Crippen molar-refractivity contribution < 1.29 is 9.53 Å². The minimum Gasteiger partial charge on any atom is -0.484 e. The van der Waals surface area contributed by atoms with Crippen molar-refractivity contribution in [3.05, 3.63) is 29.8 Å². The predicted molar refractivity (Wildman–Crippen MR) is 80.9 cm³/mol. The van der Waals surface area contributed by atoms with Gasteiger partial charge in [0.05, 0.1) is 11.6 Å². The first-order chi connectivity index (χ1) is 10.3. The van der Waals surface area contributed by atoms with E-state index in [9.17, 15) is 4.79 Å². The molecule has 1 aliphatic rings. The van der Waals surface area contributed by atoms with Crippen molar-refractivity contribution in [3.8, 4) is 11.8 Å². The van der Waals surface area contributed by atoms with Crippen LogP contribution in [0.2, 0.25) is 0 Å². The van der Waals surface area contributed by atoms with Gasteiger partial charge in [0.2, 0.25) is 0 Å². The van der Waals surface area contributed by atoms with Gasteiger partial charge in [-0.05, 0) is 37.1 Å². The van der Waals surface area contributed by atoms with Gasteiger partial charge in [-0.1, -0.05) is 32.1 Å². The molecule has 0 atom stereocenters. The zero-order valence-electron chi connectivity index (χ0n) is 12.3. The highest BCUT2D eigenvalue weighted by atomic mass is 16.5. The zero-order valence-corrected chi connectivity index (χ0v) is 12.3. The topological polar surface area (TPSA) is 62.1 Å². The van der Waals surface area contributed by atoms with E-state index < -0.39 is 0 Å². The summed E-state index contributed by atoms with van der Waals surface area (Å²) in [7, 11) is 0. The fourth-order valence-corrected chi connectivity index (χ4v) is 2.64. The Morgan fingerprint density at radius 3 is 2.38 bits per heavy atom. The highest BCUT2D eigenvalue weighted by Crippen LogP contribution is 2.17. The standard InChI is InChI=1S/C17H22N2O2/c18-12-14-8-10-16(11-9-14)21-13-17(20)19-15-6-4-2-1-3-5-7-15/h8-11,15H,1-7,13H2,(H,19,20). The lowest BCUT2D eigenvalue weighted by Gasteiger charge is -2.21. The van der Waals surface area contributed by atoms with Crippen LogP contribution in [0.15, 0.2) is 24.3 Å². The number of nitrogens with one attached hydrogen (secondary N) is 1. The molecule has 1 aliphatic carbocycles. The SMILES string of the molecule is N#Cc1ccc(OCC(=O)NC2CCCCCCC2)cc1. The molecule has 0 spiro atoms. The number of carbonyl (C=O) groups is 1. The number of nitrogens with zero attached hydrogens (tertiary/aromatic N) is 1. The maximum Gasteiger partial charge on any atom is 0.258 e. The van der Waals surface area contributed by atoms with Crippen LogP contribution in [-0.2, 0) is 4.79 Å². The number of amides is 1. The van der Waals surface area contributed by atoms with E-state index in [-0.39, 0.29) is 12.5 Å². The molecule has 4 nitrogen and oxygen atoms in total. The summed E-state index contributed by atoms with van der Waals surface area (Å²) in [6.07, 6.45) is 8.40. The summed E-state index contributed by atoms with van der Waals surface area (Å²) in [5, 5.41) is 11.8. The maximum atomic E-state index is 11.9. The summed E-state index contributed by atoms with van der Waals surface area (Å²) < 4.78 is 5.44. The zero-order chi connectivity index (χ0) is 14.9. The second-order valence-electron chi connectivity index (χ2n) is 5.53. The van der Waals surface area contributed by atoms with Crippen LogP contribution < -0.4 is 10.1 Å². The largest absolute Gasteiger partial charge is 0.484 e. The summed E-state index contributed by atoms with van der Waals surface area (Å²) in [6.45, 7) is 0.0302. The maximum absolute atomic E-state index is 11.9. The fraction of sp³-hybridized carbons (Fsp3) is 0.529. The van der Waals surface area contributed by atoms with E-state index >= 15 is 0 Å². The third kappa shape index (κ3) is 5.47. The van der Waals surface area contributed by atoms with Crippen LogP contribution in [0.4, 0.5) is 0 Å². The molecule has 1 aromatic carbocycles. The summed E-state index contributed by atoms with van der Waals surface area (Å²) in [5.41, 5.74) is 0.585. The van der Waals surface area contributed by atoms with Crippen molar-refractivity contribution in [2.75, 3.05) is 6.61 Å². The average molecular weight is 286 g/mol. The van der Waals surface area contributed by atoms with Gasteiger partial charge in [0.25, 0.3) is 5.91 Å². The van der Waals surface area contributed by atoms with Crippen LogP contribution in [0.1, 0.15) is 50.5 Å². The quantitative estimate of drug-likeness (QED) is 0.924. The molecule has 1 amide bonds. The van der Waals surface area contributed by atoms with Crippen molar-refractivity contribution >= 4 is 5.91 Å². The number of hydrogen-bond acceptors (Lipinski definition) is 3. The summed E-state index contributed by atoms with van der Waals surface area (Å²) >= 11 is 0.